The highest BCUT2D eigenvalue weighted by atomic mass is 127. The van der Waals surface area contributed by atoms with E-state index < -0.39 is 23.5 Å². The van der Waals surface area contributed by atoms with Gasteiger partial charge in [-0.3, -0.25) is 0 Å². The second kappa shape index (κ2) is 6.52. The standard InChI is InChI=1S/C10H8INO6S/c1-18-10(17)4-2-6(11)19-7(4)12-3-5(8(13)14)9(15)16/h2-3,12H,1H3,(H,13,14)(H,15,16). The van der Waals surface area contributed by atoms with Gasteiger partial charge >= 0.3 is 17.9 Å². The Balaban J connectivity index is 3.06. The molecule has 0 saturated carbocycles. The minimum atomic E-state index is -1.58. The van der Waals surface area contributed by atoms with Crippen LogP contribution in [0.4, 0.5) is 5.00 Å². The monoisotopic (exact) mass is 397 g/mol. The highest BCUT2D eigenvalue weighted by Crippen LogP contribution is 2.29. The summed E-state index contributed by atoms with van der Waals surface area (Å²) < 4.78 is 5.33. The molecule has 0 amide bonds. The van der Waals surface area contributed by atoms with Crippen LogP contribution in [0.5, 0.6) is 0 Å². The summed E-state index contributed by atoms with van der Waals surface area (Å²) in [5, 5.41) is 20.2. The number of anilines is 1. The van der Waals surface area contributed by atoms with Gasteiger partial charge in [0.05, 0.1) is 15.6 Å². The third kappa shape index (κ3) is 3.92. The third-order valence-electron chi connectivity index (χ3n) is 1.92. The van der Waals surface area contributed by atoms with Crippen molar-refractivity contribution in [2.75, 3.05) is 12.4 Å². The van der Waals surface area contributed by atoms with Crippen LogP contribution in [0.15, 0.2) is 17.8 Å². The number of esters is 1. The van der Waals surface area contributed by atoms with Crippen LogP contribution in [0.3, 0.4) is 0 Å². The van der Waals surface area contributed by atoms with E-state index in [9.17, 15) is 14.4 Å². The molecule has 0 spiro atoms. The summed E-state index contributed by atoms with van der Waals surface area (Å²) in [6.07, 6.45) is 0.818. The van der Waals surface area contributed by atoms with E-state index in [2.05, 4.69) is 10.1 Å². The van der Waals surface area contributed by atoms with Crippen molar-refractivity contribution in [1.82, 2.24) is 0 Å². The Kier molecular flexibility index (Phi) is 5.30. The van der Waals surface area contributed by atoms with E-state index in [1.165, 1.54) is 18.4 Å². The summed E-state index contributed by atoms with van der Waals surface area (Å²) in [6, 6.07) is 1.55. The first-order valence-electron chi connectivity index (χ1n) is 4.67. The normalized spacial score (nSPS) is 9.58. The van der Waals surface area contributed by atoms with Gasteiger partial charge in [-0.05, 0) is 28.7 Å². The first kappa shape index (κ1) is 15.4. The summed E-state index contributed by atoms with van der Waals surface area (Å²) >= 11 is 3.14. The molecule has 0 bridgehead atoms. The van der Waals surface area contributed by atoms with Gasteiger partial charge in [0.2, 0.25) is 0 Å². The first-order valence-corrected chi connectivity index (χ1v) is 6.57. The lowest BCUT2D eigenvalue weighted by molar-refractivity contribution is -0.140. The molecule has 0 fully saturated rings. The van der Waals surface area contributed by atoms with Crippen molar-refractivity contribution in [3.63, 3.8) is 0 Å². The van der Waals surface area contributed by atoms with E-state index in [-0.39, 0.29) is 5.56 Å². The average Bonchev–Trinajstić information content (AvgIpc) is 2.69. The maximum absolute atomic E-state index is 11.4. The molecule has 0 radical (unpaired) electrons. The Labute approximate surface area is 125 Å². The minimum Gasteiger partial charge on any atom is -0.477 e. The number of aliphatic carboxylic acids is 2. The zero-order valence-corrected chi connectivity index (χ0v) is 12.4. The second-order valence-corrected chi connectivity index (χ2v) is 6.04. The van der Waals surface area contributed by atoms with E-state index in [1.807, 2.05) is 22.6 Å². The number of hydrogen-bond donors (Lipinski definition) is 3. The molecule has 0 aromatic carbocycles. The molecular formula is C10H8INO6S. The van der Waals surface area contributed by atoms with Gasteiger partial charge in [0.1, 0.15) is 5.00 Å². The van der Waals surface area contributed by atoms with Gasteiger partial charge in [-0.2, -0.15) is 0 Å². The SMILES string of the molecule is COC(=O)c1cc(I)sc1NC=C(C(=O)O)C(=O)O. The fourth-order valence-corrected chi connectivity index (χ4v) is 2.80. The fourth-order valence-electron chi connectivity index (χ4n) is 1.08. The smallest absolute Gasteiger partial charge is 0.344 e. The largest absolute Gasteiger partial charge is 0.477 e. The fraction of sp³-hybridized carbons (Fsp3) is 0.100. The zero-order valence-electron chi connectivity index (χ0n) is 9.47. The molecule has 7 nitrogen and oxygen atoms in total. The van der Waals surface area contributed by atoms with Crippen molar-refractivity contribution in [2.45, 2.75) is 0 Å². The van der Waals surface area contributed by atoms with E-state index in [0.717, 1.165) is 9.08 Å². The van der Waals surface area contributed by atoms with Gasteiger partial charge in [0, 0.05) is 6.20 Å². The molecule has 0 aliphatic rings. The maximum atomic E-state index is 11.4. The molecule has 0 unspecified atom stereocenters. The zero-order chi connectivity index (χ0) is 14.6. The Morgan fingerprint density at radius 2 is 1.95 bits per heavy atom. The topological polar surface area (TPSA) is 113 Å². The van der Waals surface area contributed by atoms with Crippen molar-refractivity contribution >= 4 is 56.8 Å². The van der Waals surface area contributed by atoms with E-state index in [0.29, 0.717) is 5.00 Å². The number of carboxylic acids is 2. The first-order chi connectivity index (χ1) is 8.86. The third-order valence-corrected chi connectivity index (χ3v) is 3.74. The minimum absolute atomic E-state index is 0.211. The number of halogens is 1. The molecule has 1 aromatic rings. The molecule has 1 aromatic heterocycles. The van der Waals surface area contributed by atoms with Gasteiger partial charge in [0.25, 0.3) is 0 Å². The molecule has 1 heterocycles. The van der Waals surface area contributed by atoms with Crippen molar-refractivity contribution < 1.29 is 29.3 Å². The number of carbonyl (C=O) groups is 3. The van der Waals surface area contributed by atoms with Crippen LogP contribution in [0.25, 0.3) is 0 Å². The van der Waals surface area contributed by atoms with Gasteiger partial charge in [-0.25, -0.2) is 14.4 Å². The van der Waals surface area contributed by atoms with E-state index in [4.69, 9.17) is 10.2 Å². The molecule has 19 heavy (non-hydrogen) atoms. The number of methoxy groups -OCH3 is 1. The van der Waals surface area contributed by atoms with Crippen LogP contribution in [0, 0.1) is 2.88 Å². The predicted molar refractivity (Wildman–Crippen MR) is 75.4 cm³/mol. The summed E-state index contributed by atoms with van der Waals surface area (Å²) in [6.45, 7) is 0. The van der Waals surface area contributed by atoms with Crippen LogP contribution in [-0.4, -0.2) is 35.2 Å². The highest BCUT2D eigenvalue weighted by Gasteiger charge is 2.18. The Hall–Kier alpha value is -1.62. The molecule has 0 aliphatic carbocycles. The lowest BCUT2D eigenvalue weighted by atomic mass is 10.3. The molecule has 1 rings (SSSR count). The number of carbonyl (C=O) groups excluding carboxylic acids is 1. The van der Waals surface area contributed by atoms with Crippen LogP contribution in [-0.2, 0) is 14.3 Å². The Bertz CT molecular complexity index is 548. The van der Waals surface area contributed by atoms with Crippen molar-refractivity contribution in [3.05, 3.63) is 26.3 Å². The number of ether oxygens (including phenoxy) is 1. The van der Waals surface area contributed by atoms with Crippen LogP contribution in [0.1, 0.15) is 10.4 Å². The summed E-state index contributed by atoms with van der Waals surface area (Å²) in [7, 11) is 1.21. The van der Waals surface area contributed by atoms with Crippen molar-refractivity contribution in [1.29, 1.82) is 0 Å². The maximum Gasteiger partial charge on any atom is 0.344 e. The predicted octanol–water partition coefficient (Wildman–Crippen LogP) is 1.60. The van der Waals surface area contributed by atoms with Crippen molar-refractivity contribution in [3.8, 4) is 0 Å². The van der Waals surface area contributed by atoms with Gasteiger partial charge in [-0.15, -0.1) is 11.3 Å². The van der Waals surface area contributed by atoms with Crippen molar-refractivity contribution in [2.24, 2.45) is 0 Å². The molecular weight excluding hydrogens is 389 g/mol. The molecule has 0 saturated heterocycles. The van der Waals surface area contributed by atoms with Gasteiger partial charge in [0.15, 0.2) is 5.57 Å². The number of thiophene rings is 1. The Morgan fingerprint density at radius 1 is 1.37 bits per heavy atom. The second-order valence-electron chi connectivity index (χ2n) is 3.10. The van der Waals surface area contributed by atoms with Gasteiger partial charge in [-0.1, -0.05) is 0 Å². The van der Waals surface area contributed by atoms with Crippen LogP contribution < -0.4 is 5.32 Å². The Morgan fingerprint density at radius 3 is 2.42 bits per heavy atom. The number of hydrogen-bond acceptors (Lipinski definition) is 6. The number of nitrogens with one attached hydrogen (secondary N) is 1. The van der Waals surface area contributed by atoms with Crippen LogP contribution in [0.2, 0.25) is 0 Å². The summed E-state index contributed by atoms with van der Waals surface area (Å²) in [5.74, 6) is -3.75. The van der Waals surface area contributed by atoms with Gasteiger partial charge < -0.3 is 20.3 Å². The molecule has 0 atom stereocenters. The molecule has 102 valence electrons. The van der Waals surface area contributed by atoms with Crippen LogP contribution >= 0.6 is 33.9 Å². The number of rotatable bonds is 5. The summed E-state index contributed by atoms with van der Waals surface area (Å²) in [5.41, 5.74) is -0.623. The molecule has 3 N–H and O–H groups in total. The summed E-state index contributed by atoms with van der Waals surface area (Å²) in [4.78, 5) is 32.8. The average molecular weight is 397 g/mol. The highest BCUT2D eigenvalue weighted by molar-refractivity contribution is 14.1. The molecule has 9 heteroatoms. The molecule has 0 aliphatic heterocycles. The lowest BCUT2D eigenvalue weighted by Gasteiger charge is -2.02. The van der Waals surface area contributed by atoms with E-state index >= 15 is 0 Å². The van der Waals surface area contributed by atoms with E-state index in [1.54, 1.807) is 6.07 Å². The number of carboxylic acid groups (broad SMARTS) is 2. The quantitative estimate of drug-likeness (QED) is 0.228. The lowest BCUT2D eigenvalue weighted by Crippen LogP contribution is -2.13.